The van der Waals surface area contributed by atoms with Crippen LogP contribution in [0, 0.1) is 17.8 Å². The molecule has 7 heterocycles. The number of Topliss-reactive ketones (excluding diaryl/α,β-unsaturated/α-hetero) is 2. The van der Waals surface area contributed by atoms with Gasteiger partial charge in [-0.2, -0.15) is 0 Å². The minimum atomic E-state index is -2.75. The van der Waals surface area contributed by atoms with Crippen molar-refractivity contribution in [2.75, 3.05) is 27.7 Å². The van der Waals surface area contributed by atoms with Gasteiger partial charge >= 0.3 is 5.97 Å². The van der Waals surface area contributed by atoms with E-state index in [2.05, 4.69) is 37.2 Å². The molecular weight excluding hydrogens is 1790 g/mol. The van der Waals surface area contributed by atoms with Crippen LogP contribution in [0.3, 0.4) is 0 Å². The number of rotatable bonds is 15. The van der Waals surface area contributed by atoms with Crippen LogP contribution in [0.1, 0.15) is 134 Å². The van der Waals surface area contributed by atoms with Gasteiger partial charge in [0.05, 0.1) is 58.5 Å². The molecule has 8 amide bonds. The fraction of sp³-hybridized carbons (Fsp3) is 0.420. The monoisotopic (exact) mass is 1890 g/mol. The van der Waals surface area contributed by atoms with Crippen molar-refractivity contribution >= 4 is 88.0 Å². The second-order valence-electron chi connectivity index (χ2n) is 34.7. The number of amides is 8. The second kappa shape index (κ2) is 37.9. The van der Waals surface area contributed by atoms with Crippen molar-refractivity contribution in [3.8, 4) is 62.9 Å². The minimum absolute atomic E-state index is 0.0975. The SMILES string of the molecule is CN(C)[C@@H]1C(O)=C(C(N)=O)C(=O)[C@@]2(O)C(O)=C3C(=O)c4c(O)cccc4[C@@](C)(O)[C@H]3C[C@@H]12.CN[C@H](CC(C)C)C(=O)N[C@H]1C(=O)N[C@@H](CC(N)=O)C(=O)N[C@H]2C(=O)N[C@H]3C(=O)N[C@H](C(=O)N[C@@H](C(=O)O)c4cc(O)cc(O)c4-c4cc3ccc4O)[C@H](O)c3ccc(c(Cl)c3)Oc3cc2cc(c3O[C@@H]2O[C@H](CO)[C@@H](O)[C@H](O)[C@H]2O[C@H]2C[C@](C)(N)C(O)[C@H](C)O2)Oc2ccc(cc2Cl)[C@H]1O. The Bertz CT molecular complexity index is 5790. The van der Waals surface area contributed by atoms with Crippen molar-refractivity contribution in [1.82, 2.24) is 42.1 Å². The molecule has 2 saturated heterocycles. The van der Waals surface area contributed by atoms with Gasteiger partial charge in [-0.3, -0.25) is 52.8 Å². The molecule has 712 valence electrons. The van der Waals surface area contributed by atoms with E-state index in [1.807, 2.05) is 13.8 Å². The molecule has 11 bridgehead atoms. The number of halogens is 2. The van der Waals surface area contributed by atoms with Crippen LogP contribution in [0.25, 0.3) is 11.1 Å². The van der Waals surface area contributed by atoms with Gasteiger partial charge in [0, 0.05) is 52.1 Å². The Morgan fingerprint density at radius 3 is 1.87 bits per heavy atom. The summed E-state index contributed by atoms with van der Waals surface area (Å²) < 4.78 is 38.3. The summed E-state index contributed by atoms with van der Waals surface area (Å²) in [6.45, 7) is 7.06. The van der Waals surface area contributed by atoms with Gasteiger partial charge in [-0.25, -0.2) is 4.79 Å². The average Bonchev–Trinajstić information content (AvgIpc) is 0.686. The maximum absolute atomic E-state index is 16.0. The number of phenols is 4. The number of phenolic OH excluding ortho intramolecular Hbond substituents is 4. The number of hydrogen-bond donors (Lipinski definition) is 25. The van der Waals surface area contributed by atoms with E-state index in [0.29, 0.717) is 0 Å². The first-order chi connectivity index (χ1) is 62.4. The van der Waals surface area contributed by atoms with Gasteiger partial charge < -0.3 is 159 Å². The number of hydrogen-bond acceptors (Lipinski definition) is 34. The Balaban J connectivity index is 0.000000392. The number of carbonyl (C=O) groups excluding carboxylic acids is 10. The first kappa shape index (κ1) is 98.1. The summed E-state index contributed by atoms with van der Waals surface area (Å²) in [5, 5.41) is 186. The number of nitrogens with one attached hydrogen (secondary N) is 7. The van der Waals surface area contributed by atoms with Crippen molar-refractivity contribution in [2.24, 2.45) is 35.0 Å². The number of ketones is 2. The van der Waals surface area contributed by atoms with E-state index in [-0.39, 0.29) is 63.8 Å². The molecule has 16 rings (SSSR count). The number of fused-ring (bicyclic) bond motifs is 18. The fourth-order valence-corrected chi connectivity index (χ4v) is 18.5. The molecule has 43 nitrogen and oxygen atoms in total. The minimum Gasteiger partial charge on any atom is -0.510 e. The van der Waals surface area contributed by atoms with Crippen LogP contribution in [-0.2, 0) is 67.8 Å². The van der Waals surface area contributed by atoms with Gasteiger partial charge in [0.25, 0.3) is 5.91 Å². The Hall–Kier alpha value is -12.4. The van der Waals surface area contributed by atoms with Crippen LogP contribution in [-0.4, -0.2) is 265 Å². The third-order valence-corrected chi connectivity index (χ3v) is 25.4. The van der Waals surface area contributed by atoms with Crippen molar-refractivity contribution in [3.63, 3.8) is 0 Å². The van der Waals surface area contributed by atoms with E-state index in [1.165, 1.54) is 77.1 Å². The third-order valence-electron chi connectivity index (χ3n) is 24.8. The van der Waals surface area contributed by atoms with Gasteiger partial charge in [0.15, 0.2) is 41.3 Å². The van der Waals surface area contributed by atoms with Gasteiger partial charge in [-0.1, -0.05) is 67.4 Å². The molecule has 2 fully saturated rings. The normalized spacial score (nSPS) is 30.6. The highest BCUT2D eigenvalue weighted by atomic mass is 35.5. The van der Waals surface area contributed by atoms with E-state index in [4.69, 9.17) is 68.8 Å². The fourth-order valence-electron chi connectivity index (χ4n) is 18.0. The zero-order valence-corrected chi connectivity index (χ0v) is 73.5. The first-order valence-corrected chi connectivity index (χ1v) is 42.3. The zero-order chi connectivity index (χ0) is 97.5. The lowest BCUT2D eigenvalue weighted by molar-refractivity contribution is -0.333. The zero-order valence-electron chi connectivity index (χ0n) is 72.0. The molecule has 0 spiro atoms. The molecule has 3 aliphatic carbocycles. The summed E-state index contributed by atoms with van der Waals surface area (Å²) in [5.74, 6) is -23.9. The molecule has 1 unspecified atom stereocenters. The molecule has 6 aromatic carbocycles. The number of aromatic hydroxyl groups is 4. The van der Waals surface area contributed by atoms with E-state index in [1.54, 1.807) is 0 Å². The molecule has 0 aromatic heterocycles. The smallest absolute Gasteiger partial charge is 0.330 e. The summed E-state index contributed by atoms with van der Waals surface area (Å²) >= 11 is 14.1. The number of ether oxygens (including phenoxy) is 6. The highest BCUT2D eigenvalue weighted by Crippen LogP contribution is 2.58. The summed E-state index contributed by atoms with van der Waals surface area (Å²) in [6, 6.07) is 2.37. The number of benzene rings is 6. The lowest BCUT2D eigenvalue weighted by Crippen LogP contribution is -2.65. The molecule has 10 aliphatic rings. The maximum Gasteiger partial charge on any atom is 0.330 e. The number of primary amides is 2. The van der Waals surface area contributed by atoms with Crippen LogP contribution in [0.15, 0.2) is 120 Å². The molecule has 0 radical (unpaired) electrons. The lowest BCUT2D eigenvalue weighted by Gasteiger charge is -2.52. The average molecular weight is 1890 g/mol. The number of aliphatic hydroxyl groups excluding tert-OH is 8. The maximum atomic E-state index is 16.0. The Morgan fingerprint density at radius 2 is 1.29 bits per heavy atom. The van der Waals surface area contributed by atoms with Crippen LogP contribution in [0.2, 0.25) is 10.0 Å². The number of likely N-dealkylation sites (N-methyl/N-ethyl adjacent to an activating group) is 2. The number of carboxylic acids is 1. The quantitative estimate of drug-likeness (QED) is 0.0597. The number of carbonyl (C=O) groups is 11. The highest BCUT2D eigenvalue weighted by molar-refractivity contribution is 6.32. The molecule has 7 aliphatic heterocycles. The van der Waals surface area contributed by atoms with Crippen molar-refractivity contribution < 1.29 is 158 Å². The largest absolute Gasteiger partial charge is 0.510 e. The standard InChI is InChI=1S/C66H75Cl2N9O24.C22H24N2O8/c1-23(2)12-34(71-5)58(88)76-49-51(83)26-7-10-38(32(67)14-26)97-40-16-28-17-41(55(40)101-65-56(54(86)53(85)42(22-78)99-65)100-44-21-66(4,70)57(87)24(3)96-44)98-39-11-8-27(15-33(39)68)52(84)50-63(93)75-48(64(94)95)31-18-29(79)19-37(81)45(31)30-13-25(6-9-36(30)80)46(60(90)77-50)74-61(91)47(28)73-59(89)35(20-43(69)82)72-62(49)92;1-21(31)8-5-4-6-11(25)12(8)16(26)13-9(21)7-10-15(24(2)3)17(27)14(20(23)30)19(29)22(10,32)18(13)28/h6-11,13-19,23-24,34-35,42,44,46-54,56-57,65,71,78-81,83-87H,12,20-22,70H2,1-5H3,(H2,69,82)(H,72,92)(H,73,89)(H,74,91)(H,75,93)(H,76,88)(H,77,90)(H,94,95);4-6,9-10,15,25,27-28,31-32H,7H2,1-3H3,(H2,23,30)/t24-,34+,35-,42+,44-,46+,47+,48+,49+,50-,51+,52+,53+,54-,56+,57?,65-,66-;9-,10-,15-,21+,22-/m00/s1. The van der Waals surface area contributed by atoms with E-state index >= 15 is 14.4 Å². The lowest BCUT2D eigenvalue weighted by atomic mass is 9.55. The molecule has 28 N–H and O–H groups in total. The molecule has 0 saturated carbocycles. The number of aliphatic carboxylic acids is 1. The van der Waals surface area contributed by atoms with Crippen molar-refractivity contribution in [2.45, 2.75) is 187 Å². The topological polar surface area (TPSA) is 712 Å². The van der Waals surface area contributed by atoms with Gasteiger partial charge in [0.1, 0.15) is 112 Å². The van der Waals surface area contributed by atoms with Gasteiger partial charge in [-0.15, -0.1) is 0 Å². The summed E-state index contributed by atoms with van der Waals surface area (Å²) in [7, 11) is 4.53. The van der Waals surface area contributed by atoms with E-state index < -0.39 is 312 Å². The summed E-state index contributed by atoms with van der Waals surface area (Å²) in [6.07, 6.45) is -18.8. The number of nitrogens with zero attached hydrogens (tertiary/aromatic N) is 1. The molecule has 6 aromatic rings. The van der Waals surface area contributed by atoms with Gasteiger partial charge in [-0.05, 0) is 149 Å². The summed E-state index contributed by atoms with van der Waals surface area (Å²) in [4.78, 5) is 157. The molecular formula is C88H99Cl2N11O32. The number of carboxylic acid groups (broad SMARTS) is 1. The van der Waals surface area contributed by atoms with Gasteiger partial charge in [0.2, 0.25) is 59.2 Å². The van der Waals surface area contributed by atoms with Crippen LogP contribution in [0.5, 0.6) is 51.7 Å². The number of nitrogens with two attached hydrogens (primary N) is 3. The first-order valence-electron chi connectivity index (χ1n) is 41.6. The Kier molecular flexibility index (Phi) is 28.0. The number of aliphatic hydroxyl groups is 10. The highest BCUT2D eigenvalue weighted by Gasteiger charge is 2.66. The predicted octanol–water partition coefficient (Wildman–Crippen LogP) is -0.108. The third kappa shape index (κ3) is 18.7. The van der Waals surface area contributed by atoms with E-state index in [9.17, 15) is 115 Å². The predicted molar refractivity (Wildman–Crippen MR) is 459 cm³/mol. The van der Waals surface area contributed by atoms with Crippen LogP contribution in [0.4, 0.5) is 0 Å². The Labute approximate surface area is 765 Å². The summed E-state index contributed by atoms with van der Waals surface area (Å²) in [5.41, 5.74) is 7.35. The Morgan fingerprint density at radius 1 is 0.684 bits per heavy atom. The van der Waals surface area contributed by atoms with Crippen LogP contribution >= 0.6 is 23.2 Å². The van der Waals surface area contributed by atoms with E-state index in [0.717, 1.165) is 66.7 Å². The molecule has 45 heteroatoms. The van der Waals surface area contributed by atoms with Crippen molar-refractivity contribution in [3.05, 3.63) is 169 Å². The molecule has 23 atom stereocenters. The second-order valence-corrected chi connectivity index (χ2v) is 35.5. The molecule has 133 heavy (non-hydrogen) atoms. The van der Waals surface area contributed by atoms with Crippen molar-refractivity contribution in [1.29, 1.82) is 0 Å². The van der Waals surface area contributed by atoms with Crippen LogP contribution < -0.4 is 68.6 Å².